The fourth-order valence-corrected chi connectivity index (χ4v) is 5.31. The lowest BCUT2D eigenvalue weighted by Crippen LogP contribution is -2.60. The molecule has 5 rings (SSSR count). The van der Waals surface area contributed by atoms with Gasteiger partial charge in [-0.1, -0.05) is 17.7 Å². The number of anilines is 2. The van der Waals surface area contributed by atoms with Gasteiger partial charge in [0.15, 0.2) is 17.3 Å². The van der Waals surface area contributed by atoms with Gasteiger partial charge in [-0.15, -0.1) is 0 Å². The number of nitrogens with zero attached hydrogens (tertiary/aromatic N) is 2. The molecular weight excluding hydrogens is 449 g/mol. The van der Waals surface area contributed by atoms with Crippen LogP contribution in [0, 0.1) is 12.7 Å². The van der Waals surface area contributed by atoms with Crippen molar-refractivity contribution in [1.29, 1.82) is 0 Å². The molecule has 33 heavy (non-hydrogen) atoms. The van der Waals surface area contributed by atoms with Crippen LogP contribution in [0.4, 0.5) is 15.9 Å². The molecule has 172 valence electrons. The van der Waals surface area contributed by atoms with Gasteiger partial charge in [-0.3, -0.25) is 0 Å². The van der Waals surface area contributed by atoms with E-state index >= 15 is 0 Å². The van der Waals surface area contributed by atoms with E-state index in [-0.39, 0.29) is 23.9 Å². The number of hydrogen-bond donors (Lipinski definition) is 2. The molecule has 0 saturated carbocycles. The van der Waals surface area contributed by atoms with Crippen molar-refractivity contribution in [2.24, 2.45) is 0 Å². The van der Waals surface area contributed by atoms with Gasteiger partial charge in [0.2, 0.25) is 10.0 Å². The van der Waals surface area contributed by atoms with Gasteiger partial charge in [0.05, 0.1) is 42.0 Å². The molecule has 3 heterocycles. The Labute approximate surface area is 190 Å². The normalized spacial score (nSPS) is 22.3. The van der Waals surface area contributed by atoms with E-state index in [1.807, 2.05) is 6.92 Å². The highest BCUT2D eigenvalue weighted by Crippen LogP contribution is 2.47. The van der Waals surface area contributed by atoms with Crippen molar-refractivity contribution in [3.05, 3.63) is 72.2 Å². The van der Waals surface area contributed by atoms with Gasteiger partial charge in [0.25, 0.3) is 0 Å². The van der Waals surface area contributed by atoms with Crippen LogP contribution in [0.25, 0.3) is 0 Å². The minimum atomic E-state index is -3.89. The lowest BCUT2D eigenvalue weighted by molar-refractivity contribution is -0.0246. The van der Waals surface area contributed by atoms with E-state index in [9.17, 15) is 17.9 Å². The summed E-state index contributed by atoms with van der Waals surface area (Å²) in [7, 11) is -3.89. The first-order valence-electron chi connectivity index (χ1n) is 10.4. The molecule has 3 aromatic rings. The van der Waals surface area contributed by atoms with Crippen LogP contribution in [0.5, 0.6) is 11.5 Å². The number of sulfonamides is 1. The van der Waals surface area contributed by atoms with Gasteiger partial charge in [-0.2, -0.15) is 0 Å². The topological polar surface area (TPSA) is 101 Å². The van der Waals surface area contributed by atoms with Crippen molar-refractivity contribution < 1.29 is 27.4 Å². The monoisotopic (exact) mass is 471 g/mol. The Bertz CT molecular complexity index is 1290. The highest BCUT2D eigenvalue weighted by Gasteiger charge is 2.42. The zero-order valence-electron chi connectivity index (χ0n) is 17.7. The summed E-state index contributed by atoms with van der Waals surface area (Å²) < 4.78 is 53.8. The second kappa shape index (κ2) is 8.38. The van der Waals surface area contributed by atoms with Crippen LogP contribution in [-0.4, -0.2) is 49.9 Å². The van der Waals surface area contributed by atoms with Crippen molar-refractivity contribution in [2.75, 3.05) is 18.1 Å². The average Bonchev–Trinajstić information content (AvgIpc) is 2.79. The molecule has 8 nitrogen and oxygen atoms in total. The first kappa shape index (κ1) is 21.8. The molecule has 1 fully saturated rings. The van der Waals surface area contributed by atoms with Gasteiger partial charge in [0, 0.05) is 12.3 Å². The van der Waals surface area contributed by atoms with Crippen molar-refractivity contribution in [3.63, 3.8) is 0 Å². The van der Waals surface area contributed by atoms with Gasteiger partial charge in [-0.25, -0.2) is 22.5 Å². The molecule has 2 aromatic carbocycles. The largest absolute Gasteiger partial charge is 0.451 e. The lowest BCUT2D eigenvalue weighted by Gasteiger charge is -2.43. The van der Waals surface area contributed by atoms with Gasteiger partial charge < -0.3 is 19.5 Å². The Hall–Kier alpha value is -3.05. The van der Waals surface area contributed by atoms with Crippen molar-refractivity contribution in [1.82, 2.24) is 9.71 Å². The fourth-order valence-electron chi connectivity index (χ4n) is 4.08. The SMILES string of the molecule is Cc1ccc(S(=O)(=O)N[C@@H]2COC[C@H](N3c4ccc(F)cc4Oc4cccnc43)[C@H]2O)cc1. The average molecular weight is 472 g/mol. The molecule has 1 saturated heterocycles. The number of aryl methyl sites for hydroxylation is 1. The molecule has 1 aromatic heterocycles. The second-order valence-corrected chi connectivity index (χ2v) is 9.76. The van der Waals surface area contributed by atoms with E-state index in [1.165, 1.54) is 30.3 Å². The summed E-state index contributed by atoms with van der Waals surface area (Å²) in [5.41, 5.74) is 1.43. The third-order valence-corrected chi connectivity index (χ3v) is 7.25. The maximum absolute atomic E-state index is 13.9. The summed E-state index contributed by atoms with van der Waals surface area (Å²) in [5.74, 6) is 0.617. The zero-order chi connectivity index (χ0) is 23.2. The van der Waals surface area contributed by atoms with E-state index in [2.05, 4.69) is 9.71 Å². The molecule has 0 unspecified atom stereocenters. The van der Waals surface area contributed by atoms with E-state index in [4.69, 9.17) is 9.47 Å². The summed E-state index contributed by atoms with van der Waals surface area (Å²) >= 11 is 0. The zero-order valence-corrected chi connectivity index (χ0v) is 18.5. The second-order valence-electron chi connectivity index (χ2n) is 8.05. The van der Waals surface area contributed by atoms with Crippen molar-refractivity contribution in [2.45, 2.75) is 30.0 Å². The molecule has 0 amide bonds. The summed E-state index contributed by atoms with van der Waals surface area (Å²) in [6, 6.07) is 12.3. The molecule has 2 N–H and O–H groups in total. The smallest absolute Gasteiger partial charge is 0.240 e. The number of halogens is 1. The molecule has 3 atom stereocenters. The van der Waals surface area contributed by atoms with Gasteiger partial charge >= 0.3 is 0 Å². The summed E-state index contributed by atoms with van der Waals surface area (Å²) in [4.78, 5) is 6.20. The predicted octanol–water partition coefficient (Wildman–Crippen LogP) is 2.88. The number of pyridine rings is 1. The maximum atomic E-state index is 13.9. The van der Waals surface area contributed by atoms with E-state index < -0.39 is 34.0 Å². The number of nitrogens with one attached hydrogen (secondary N) is 1. The number of aromatic nitrogens is 1. The van der Waals surface area contributed by atoms with E-state index in [0.717, 1.165) is 5.56 Å². The van der Waals surface area contributed by atoms with Crippen molar-refractivity contribution in [3.8, 4) is 11.5 Å². The van der Waals surface area contributed by atoms with Crippen LogP contribution in [-0.2, 0) is 14.8 Å². The van der Waals surface area contributed by atoms with Gasteiger partial charge in [-0.05, 0) is 43.3 Å². The van der Waals surface area contributed by atoms with Crippen LogP contribution in [0.3, 0.4) is 0 Å². The first-order chi connectivity index (χ1) is 15.8. The van der Waals surface area contributed by atoms with E-state index in [0.29, 0.717) is 17.3 Å². The number of fused-ring (bicyclic) bond motifs is 2. The Morgan fingerprint density at radius 1 is 1.12 bits per heavy atom. The lowest BCUT2D eigenvalue weighted by atomic mass is 9.99. The van der Waals surface area contributed by atoms with Crippen LogP contribution in [0.1, 0.15) is 5.56 Å². The molecule has 0 aliphatic carbocycles. The molecule has 2 aliphatic rings. The standard InChI is InChI=1S/C23H22FN3O5S/c1-14-4-7-16(8-5-14)33(29,30)26-17-12-31-13-19(22(17)28)27-18-9-6-15(24)11-21(18)32-20-3-2-10-25-23(20)27/h2-11,17,19,22,26,28H,12-13H2,1H3/t17-,19+,22+/m1/s1. The van der Waals surface area contributed by atoms with E-state index in [1.54, 1.807) is 35.4 Å². The highest BCUT2D eigenvalue weighted by molar-refractivity contribution is 7.89. The Morgan fingerprint density at radius 3 is 2.70 bits per heavy atom. The minimum Gasteiger partial charge on any atom is -0.451 e. The van der Waals surface area contributed by atoms with Crippen molar-refractivity contribution >= 4 is 21.5 Å². The van der Waals surface area contributed by atoms with Crippen LogP contribution >= 0.6 is 0 Å². The Kier molecular flexibility index (Phi) is 5.53. The molecule has 0 radical (unpaired) electrons. The summed E-state index contributed by atoms with van der Waals surface area (Å²) in [6.07, 6.45) is 0.432. The Balaban J connectivity index is 1.48. The fraction of sp³-hybridized carbons (Fsp3) is 0.261. The first-order valence-corrected chi connectivity index (χ1v) is 11.9. The number of hydrogen-bond acceptors (Lipinski definition) is 7. The summed E-state index contributed by atoms with van der Waals surface area (Å²) in [5, 5.41) is 11.2. The number of benzene rings is 2. The molecule has 0 bridgehead atoms. The summed E-state index contributed by atoms with van der Waals surface area (Å²) in [6.45, 7) is 1.97. The van der Waals surface area contributed by atoms with Gasteiger partial charge in [0.1, 0.15) is 5.82 Å². The van der Waals surface area contributed by atoms with Crippen LogP contribution < -0.4 is 14.4 Å². The predicted molar refractivity (Wildman–Crippen MR) is 119 cm³/mol. The number of ether oxygens (including phenoxy) is 2. The molecule has 2 aliphatic heterocycles. The van der Waals surface area contributed by atoms with Crippen LogP contribution in [0.15, 0.2) is 65.7 Å². The molecule has 0 spiro atoms. The van der Waals surface area contributed by atoms with Crippen LogP contribution in [0.2, 0.25) is 0 Å². The maximum Gasteiger partial charge on any atom is 0.240 e. The minimum absolute atomic E-state index is 0.00154. The number of rotatable bonds is 4. The number of aliphatic hydroxyl groups excluding tert-OH is 1. The third kappa shape index (κ3) is 4.06. The third-order valence-electron chi connectivity index (χ3n) is 5.74. The Morgan fingerprint density at radius 2 is 1.91 bits per heavy atom. The quantitative estimate of drug-likeness (QED) is 0.603. The highest BCUT2D eigenvalue weighted by atomic mass is 32.2. The molecule has 10 heteroatoms. The molecular formula is C23H22FN3O5S. The number of aliphatic hydroxyl groups is 1.